The quantitative estimate of drug-likeness (QED) is 0.622. The van der Waals surface area contributed by atoms with Gasteiger partial charge in [-0.3, -0.25) is 9.79 Å². The van der Waals surface area contributed by atoms with Crippen molar-refractivity contribution in [2.75, 3.05) is 53.0 Å². The minimum absolute atomic E-state index is 0.139. The first-order chi connectivity index (χ1) is 14.0. The van der Waals surface area contributed by atoms with Gasteiger partial charge in [0.15, 0.2) is 5.96 Å². The minimum Gasteiger partial charge on any atom is -0.378 e. The topological polar surface area (TPSA) is 57.2 Å². The highest BCUT2D eigenvalue weighted by Gasteiger charge is 2.30. The standard InChI is InChI=1S/C23H36N4O2/c1-17-15-18(2)21(19(3)16-17)5-8-25-23(24-4)27-9-6-20(7-10-27)22(28)26-11-13-29-14-12-26/h15-16,20H,5-14H2,1-4H3,(H,24,25). The minimum atomic E-state index is 0.139. The van der Waals surface area contributed by atoms with Crippen LogP contribution in [0, 0.1) is 26.7 Å². The molecule has 2 fully saturated rings. The summed E-state index contributed by atoms with van der Waals surface area (Å²) >= 11 is 0. The molecule has 0 bridgehead atoms. The highest BCUT2D eigenvalue weighted by molar-refractivity contribution is 5.81. The van der Waals surface area contributed by atoms with Crippen molar-refractivity contribution in [2.45, 2.75) is 40.0 Å². The number of nitrogens with one attached hydrogen (secondary N) is 1. The highest BCUT2D eigenvalue weighted by Crippen LogP contribution is 2.21. The lowest BCUT2D eigenvalue weighted by Crippen LogP contribution is -2.50. The van der Waals surface area contributed by atoms with Crippen LogP contribution in [0.2, 0.25) is 0 Å². The first kappa shape index (κ1) is 21.6. The maximum absolute atomic E-state index is 12.7. The summed E-state index contributed by atoms with van der Waals surface area (Å²) in [7, 11) is 1.84. The van der Waals surface area contributed by atoms with E-state index in [2.05, 4.69) is 48.1 Å². The van der Waals surface area contributed by atoms with Crippen LogP contribution < -0.4 is 5.32 Å². The summed E-state index contributed by atoms with van der Waals surface area (Å²) in [5.41, 5.74) is 5.47. The first-order valence-electron chi connectivity index (χ1n) is 10.9. The smallest absolute Gasteiger partial charge is 0.225 e. The maximum atomic E-state index is 12.7. The zero-order valence-electron chi connectivity index (χ0n) is 18.5. The number of piperidine rings is 1. The molecule has 1 N–H and O–H groups in total. The van der Waals surface area contributed by atoms with Gasteiger partial charge >= 0.3 is 0 Å². The van der Waals surface area contributed by atoms with Gasteiger partial charge in [0.1, 0.15) is 0 Å². The van der Waals surface area contributed by atoms with Crippen LogP contribution in [0.1, 0.15) is 35.1 Å². The molecule has 2 aliphatic heterocycles. The van der Waals surface area contributed by atoms with Gasteiger partial charge in [-0.15, -0.1) is 0 Å². The normalized spacial score (nSPS) is 18.8. The summed E-state index contributed by atoms with van der Waals surface area (Å²) in [6.45, 7) is 12.0. The summed E-state index contributed by atoms with van der Waals surface area (Å²) in [6, 6.07) is 4.51. The number of guanidine groups is 1. The lowest BCUT2D eigenvalue weighted by Gasteiger charge is -2.36. The van der Waals surface area contributed by atoms with Crippen LogP contribution in [0.3, 0.4) is 0 Å². The number of aryl methyl sites for hydroxylation is 3. The Labute approximate surface area is 175 Å². The lowest BCUT2D eigenvalue weighted by atomic mass is 9.95. The Morgan fingerprint density at radius 2 is 1.69 bits per heavy atom. The average Bonchev–Trinajstić information content (AvgIpc) is 2.73. The van der Waals surface area contributed by atoms with Crippen LogP contribution >= 0.6 is 0 Å². The molecular formula is C23H36N4O2. The van der Waals surface area contributed by atoms with Crippen LogP contribution in [0.5, 0.6) is 0 Å². The van der Waals surface area contributed by atoms with Crippen molar-refractivity contribution in [3.8, 4) is 0 Å². The summed E-state index contributed by atoms with van der Waals surface area (Å²) in [5.74, 6) is 1.39. The van der Waals surface area contributed by atoms with Crippen molar-refractivity contribution in [2.24, 2.45) is 10.9 Å². The van der Waals surface area contributed by atoms with E-state index in [9.17, 15) is 4.79 Å². The van der Waals surface area contributed by atoms with Crippen molar-refractivity contribution in [3.63, 3.8) is 0 Å². The summed E-state index contributed by atoms with van der Waals surface area (Å²) in [4.78, 5) is 21.5. The molecule has 0 spiro atoms. The van der Waals surface area contributed by atoms with Crippen molar-refractivity contribution < 1.29 is 9.53 Å². The molecule has 0 atom stereocenters. The summed E-state index contributed by atoms with van der Waals surface area (Å²) < 4.78 is 5.36. The Balaban J connectivity index is 1.47. The van der Waals surface area contributed by atoms with Gasteiger partial charge in [-0.05, 0) is 56.7 Å². The van der Waals surface area contributed by atoms with E-state index in [4.69, 9.17) is 4.74 Å². The molecule has 0 saturated carbocycles. The Bertz CT molecular complexity index is 709. The molecule has 2 heterocycles. The number of hydrogen-bond donors (Lipinski definition) is 1. The SMILES string of the molecule is CN=C(NCCc1c(C)cc(C)cc1C)N1CCC(C(=O)N2CCOCC2)CC1. The fraction of sp³-hybridized carbons (Fsp3) is 0.652. The van der Waals surface area contributed by atoms with E-state index in [0.29, 0.717) is 19.1 Å². The van der Waals surface area contributed by atoms with Gasteiger partial charge in [0.05, 0.1) is 13.2 Å². The average molecular weight is 401 g/mol. The number of likely N-dealkylation sites (tertiary alicyclic amines) is 1. The fourth-order valence-corrected chi connectivity index (χ4v) is 4.62. The zero-order chi connectivity index (χ0) is 20.8. The molecule has 29 heavy (non-hydrogen) atoms. The molecule has 1 aromatic carbocycles. The highest BCUT2D eigenvalue weighted by atomic mass is 16.5. The van der Waals surface area contributed by atoms with E-state index in [0.717, 1.165) is 57.9 Å². The molecule has 2 saturated heterocycles. The second-order valence-corrected chi connectivity index (χ2v) is 8.30. The van der Waals surface area contributed by atoms with Gasteiger partial charge in [0.25, 0.3) is 0 Å². The van der Waals surface area contributed by atoms with E-state index in [1.807, 2.05) is 11.9 Å². The van der Waals surface area contributed by atoms with Crippen molar-refractivity contribution in [3.05, 3.63) is 34.4 Å². The van der Waals surface area contributed by atoms with Crippen molar-refractivity contribution in [1.29, 1.82) is 0 Å². The second-order valence-electron chi connectivity index (χ2n) is 8.30. The summed E-state index contributed by atoms with van der Waals surface area (Å²) in [6.07, 6.45) is 2.78. The molecular weight excluding hydrogens is 364 g/mol. The van der Waals surface area contributed by atoms with Crippen molar-refractivity contribution in [1.82, 2.24) is 15.1 Å². The number of aliphatic imine (C=N–C) groups is 1. The Hall–Kier alpha value is -2.08. The fourth-order valence-electron chi connectivity index (χ4n) is 4.62. The molecule has 2 aliphatic rings. The second kappa shape index (κ2) is 10.1. The number of amides is 1. The molecule has 0 unspecified atom stereocenters. The number of carbonyl (C=O) groups is 1. The van der Waals surface area contributed by atoms with E-state index >= 15 is 0 Å². The largest absolute Gasteiger partial charge is 0.378 e. The molecule has 0 radical (unpaired) electrons. The van der Waals surface area contributed by atoms with Crippen LogP contribution in [0.25, 0.3) is 0 Å². The van der Waals surface area contributed by atoms with Gasteiger partial charge in [0.2, 0.25) is 5.91 Å². The molecule has 160 valence electrons. The molecule has 0 aliphatic carbocycles. The van der Waals surface area contributed by atoms with Crippen LogP contribution in [0.15, 0.2) is 17.1 Å². The molecule has 1 amide bonds. The predicted octanol–water partition coefficient (Wildman–Crippen LogP) is 2.30. The number of hydrogen-bond acceptors (Lipinski definition) is 3. The summed E-state index contributed by atoms with van der Waals surface area (Å²) in [5, 5.41) is 3.53. The number of morpholine rings is 1. The molecule has 1 aromatic rings. The predicted molar refractivity (Wildman–Crippen MR) is 117 cm³/mol. The van der Waals surface area contributed by atoms with Crippen molar-refractivity contribution >= 4 is 11.9 Å². The van der Waals surface area contributed by atoms with Crippen LogP contribution in [0.4, 0.5) is 0 Å². The number of benzene rings is 1. The number of nitrogens with zero attached hydrogens (tertiary/aromatic N) is 3. The van der Waals surface area contributed by atoms with Gasteiger partial charge < -0.3 is 19.9 Å². The maximum Gasteiger partial charge on any atom is 0.225 e. The van der Waals surface area contributed by atoms with Gasteiger partial charge in [-0.1, -0.05) is 17.7 Å². The zero-order valence-corrected chi connectivity index (χ0v) is 18.5. The Morgan fingerprint density at radius 1 is 1.07 bits per heavy atom. The van der Waals surface area contributed by atoms with Gasteiger partial charge in [0, 0.05) is 45.7 Å². The monoisotopic (exact) mass is 400 g/mol. The third kappa shape index (κ3) is 5.50. The van der Waals surface area contributed by atoms with E-state index < -0.39 is 0 Å². The third-order valence-electron chi connectivity index (χ3n) is 6.18. The van der Waals surface area contributed by atoms with Gasteiger partial charge in [-0.25, -0.2) is 0 Å². The van der Waals surface area contributed by atoms with E-state index in [1.54, 1.807) is 0 Å². The molecule has 0 aromatic heterocycles. The third-order valence-corrected chi connectivity index (χ3v) is 6.18. The molecule has 6 heteroatoms. The number of ether oxygens (including phenoxy) is 1. The molecule has 3 rings (SSSR count). The van der Waals surface area contributed by atoms with Crippen LogP contribution in [-0.2, 0) is 16.0 Å². The Morgan fingerprint density at radius 3 is 2.28 bits per heavy atom. The lowest BCUT2D eigenvalue weighted by molar-refractivity contribution is -0.140. The number of rotatable bonds is 4. The molecule has 6 nitrogen and oxygen atoms in total. The Kier molecular flexibility index (Phi) is 7.53. The number of carbonyl (C=O) groups excluding carboxylic acids is 1. The van der Waals surface area contributed by atoms with E-state index in [1.165, 1.54) is 22.3 Å². The van der Waals surface area contributed by atoms with Crippen LogP contribution in [-0.4, -0.2) is 74.7 Å². The van der Waals surface area contributed by atoms with Gasteiger partial charge in [-0.2, -0.15) is 0 Å². The van der Waals surface area contributed by atoms with E-state index in [-0.39, 0.29) is 5.92 Å². The first-order valence-corrected chi connectivity index (χ1v) is 10.9.